The molecule has 0 saturated heterocycles. The Kier molecular flexibility index (Phi) is 4.81. The van der Waals surface area contributed by atoms with E-state index in [0.29, 0.717) is 11.8 Å². The maximum Gasteiger partial charge on any atom is 0.326 e. The van der Waals surface area contributed by atoms with E-state index in [-0.39, 0.29) is 5.97 Å². The lowest BCUT2D eigenvalue weighted by atomic mass is 10.1. The third-order valence-corrected chi connectivity index (χ3v) is 5.17. The van der Waals surface area contributed by atoms with E-state index in [4.69, 9.17) is 4.74 Å². The summed E-state index contributed by atoms with van der Waals surface area (Å²) in [4.78, 5) is 16.4. The lowest BCUT2D eigenvalue weighted by Gasteiger charge is -2.27. The smallest absolute Gasteiger partial charge is 0.326 e. The van der Waals surface area contributed by atoms with E-state index >= 15 is 0 Å². The van der Waals surface area contributed by atoms with Crippen LogP contribution >= 0.6 is 23.3 Å². The second kappa shape index (κ2) is 6.19. The molecule has 1 heterocycles. The topological polar surface area (TPSA) is 64.1 Å². The van der Waals surface area contributed by atoms with Gasteiger partial charge in [-0.2, -0.15) is 4.37 Å². The number of carbonyl (C=O) groups excluding carboxylic acids is 1. The standard InChI is InChI=1S/C12H19N3O2S2/c1-4-9-13-11(19-15-9)18-7-12(2,10(16)17-3)14-8-5-6-8/h8,14H,4-7H2,1-3H3. The summed E-state index contributed by atoms with van der Waals surface area (Å²) >= 11 is 2.95. The molecule has 7 heteroatoms. The maximum absolute atomic E-state index is 11.9. The summed E-state index contributed by atoms with van der Waals surface area (Å²) in [6, 6.07) is 0.449. The van der Waals surface area contributed by atoms with Crippen LogP contribution in [0.1, 0.15) is 32.5 Å². The highest BCUT2D eigenvalue weighted by atomic mass is 32.2. The number of methoxy groups -OCH3 is 1. The van der Waals surface area contributed by atoms with Gasteiger partial charge < -0.3 is 4.74 Å². The predicted molar refractivity (Wildman–Crippen MR) is 76.6 cm³/mol. The maximum atomic E-state index is 11.9. The molecule has 0 amide bonds. The monoisotopic (exact) mass is 301 g/mol. The van der Waals surface area contributed by atoms with Crippen molar-refractivity contribution in [2.45, 2.75) is 49.0 Å². The van der Waals surface area contributed by atoms with Crippen molar-refractivity contribution in [3.05, 3.63) is 5.82 Å². The quantitative estimate of drug-likeness (QED) is 0.613. The Morgan fingerprint density at radius 2 is 2.37 bits per heavy atom. The Morgan fingerprint density at radius 1 is 1.63 bits per heavy atom. The van der Waals surface area contributed by atoms with Crippen LogP contribution in [0.2, 0.25) is 0 Å². The van der Waals surface area contributed by atoms with Gasteiger partial charge in [0, 0.05) is 18.2 Å². The summed E-state index contributed by atoms with van der Waals surface area (Å²) in [7, 11) is 1.43. The minimum Gasteiger partial charge on any atom is -0.468 e. The molecule has 1 aliphatic carbocycles. The van der Waals surface area contributed by atoms with Crippen LogP contribution in [0, 0.1) is 0 Å². The average molecular weight is 301 g/mol. The molecule has 1 N–H and O–H groups in total. The molecule has 2 rings (SSSR count). The van der Waals surface area contributed by atoms with E-state index < -0.39 is 5.54 Å². The van der Waals surface area contributed by atoms with Gasteiger partial charge in [0.25, 0.3) is 0 Å². The first-order valence-corrected chi connectivity index (χ1v) is 8.15. The zero-order valence-electron chi connectivity index (χ0n) is 11.4. The van der Waals surface area contributed by atoms with Gasteiger partial charge in [0.2, 0.25) is 0 Å². The van der Waals surface area contributed by atoms with Crippen molar-refractivity contribution < 1.29 is 9.53 Å². The number of hydrogen-bond acceptors (Lipinski definition) is 7. The molecule has 1 fully saturated rings. The largest absolute Gasteiger partial charge is 0.468 e. The van der Waals surface area contributed by atoms with E-state index in [0.717, 1.165) is 29.4 Å². The number of ether oxygens (including phenoxy) is 1. The summed E-state index contributed by atoms with van der Waals surface area (Å²) < 4.78 is 10.1. The predicted octanol–water partition coefficient (Wildman–Crippen LogP) is 1.88. The number of esters is 1. The minimum atomic E-state index is -0.654. The highest BCUT2D eigenvalue weighted by molar-refractivity contribution is 8.01. The molecular weight excluding hydrogens is 282 g/mol. The molecule has 1 atom stereocenters. The third-order valence-electron chi connectivity index (χ3n) is 2.99. The summed E-state index contributed by atoms with van der Waals surface area (Å²) in [5.41, 5.74) is -0.654. The van der Waals surface area contributed by atoms with Gasteiger partial charge in [-0.05, 0) is 31.3 Å². The number of rotatable bonds is 7. The lowest BCUT2D eigenvalue weighted by Crippen LogP contribution is -2.53. The highest BCUT2D eigenvalue weighted by Crippen LogP contribution is 2.29. The zero-order chi connectivity index (χ0) is 13.9. The van der Waals surface area contributed by atoms with Crippen molar-refractivity contribution in [3.8, 4) is 0 Å². The molecule has 5 nitrogen and oxygen atoms in total. The third kappa shape index (κ3) is 3.90. The normalized spacial score (nSPS) is 18.1. The van der Waals surface area contributed by atoms with Crippen molar-refractivity contribution in [2.24, 2.45) is 0 Å². The van der Waals surface area contributed by atoms with Gasteiger partial charge in [0.15, 0.2) is 4.34 Å². The van der Waals surface area contributed by atoms with Crippen molar-refractivity contribution in [3.63, 3.8) is 0 Å². The van der Waals surface area contributed by atoms with Gasteiger partial charge in [-0.3, -0.25) is 10.1 Å². The Hall–Kier alpha value is -0.660. The fourth-order valence-corrected chi connectivity index (χ4v) is 3.49. The molecular formula is C12H19N3O2S2. The first-order chi connectivity index (χ1) is 9.07. The number of nitrogens with one attached hydrogen (secondary N) is 1. The van der Waals surface area contributed by atoms with Crippen LogP contribution in [0.4, 0.5) is 0 Å². The molecule has 1 aromatic rings. The molecule has 19 heavy (non-hydrogen) atoms. The number of hydrogen-bond donors (Lipinski definition) is 1. The summed E-state index contributed by atoms with van der Waals surface area (Å²) in [5.74, 6) is 1.25. The molecule has 0 bridgehead atoms. The second-order valence-corrected chi connectivity index (χ2v) is 6.84. The number of aromatic nitrogens is 2. The van der Waals surface area contributed by atoms with Crippen LogP contribution in [0.5, 0.6) is 0 Å². The summed E-state index contributed by atoms with van der Waals surface area (Å²) in [5, 5.41) is 3.37. The number of thioether (sulfide) groups is 1. The van der Waals surface area contributed by atoms with Crippen molar-refractivity contribution in [1.29, 1.82) is 0 Å². The molecule has 0 spiro atoms. The number of nitrogens with zero attached hydrogens (tertiary/aromatic N) is 2. The van der Waals surface area contributed by atoms with Gasteiger partial charge in [0.05, 0.1) is 7.11 Å². The van der Waals surface area contributed by atoms with Crippen LogP contribution in [-0.2, 0) is 16.0 Å². The van der Waals surface area contributed by atoms with Crippen molar-refractivity contribution in [2.75, 3.05) is 12.9 Å². The van der Waals surface area contributed by atoms with Crippen LogP contribution in [-0.4, -0.2) is 39.8 Å². The van der Waals surface area contributed by atoms with Crippen LogP contribution in [0.3, 0.4) is 0 Å². The molecule has 106 valence electrons. The Bertz CT molecular complexity index is 448. The van der Waals surface area contributed by atoms with Gasteiger partial charge >= 0.3 is 5.97 Å². The molecule has 1 aromatic heterocycles. The van der Waals surface area contributed by atoms with Crippen LogP contribution in [0.15, 0.2) is 4.34 Å². The Balaban J connectivity index is 1.96. The van der Waals surface area contributed by atoms with Gasteiger partial charge in [-0.1, -0.05) is 18.7 Å². The van der Waals surface area contributed by atoms with Gasteiger partial charge in [-0.15, -0.1) is 0 Å². The van der Waals surface area contributed by atoms with Gasteiger partial charge in [0.1, 0.15) is 11.4 Å². The molecule has 0 radical (unpaired) electrons. The van der Waals surface area contributed by atoms with E-state index in [1.165, 1.54) is 18.6 Å². The van der Waals surface area contributed by atoms with Crippen LogP contribution in [0.25, 0.3) is 0 Å². The fraction of sp³-hybridized carbons (Fsp3) is 0.750. The van der Waals surface area contributed by atoms with E-state index in [2.05, 4.69) is 14.7 Å². The Morgan fingerprint density at radius 3 is 2.89 bits per heavy atom. The molecule has 1 unspecified atom stereocenters. The van der Waals surface area contributed by atoms with E-state index in [1.54, 1.807) is 11.8 Å². The molecule has 1 saturated carbocycles. The molecule has 1 aliphatic rings. The van der Waals surface area contributed by atoms with Crippen molar-refractivity contribution in [1.82, 2.24) is 14.7 Å². The summed E-state index contributed by atoms with van der Waals surface area (Å²) in [6.07, 6.45) is 3.11. The minimum absolute atomic E-state index is 0.216. The second-order valence-electron chi connectivity index (χ2n) is 4.86. The highest BCUT2D eigenvalue weighted by Gasteiger charge is 2.39. The molecule has 0 aromatic carbocycles. The summed E-state index contributed by atoms with van der Waals surface area (Å²) in [6.45, 7) is 3.93. The van der Waals surface area contributed by atoms with E-state index in [9.17, 15) is 4.79 Å². The lowest BCUT2D eigenvalue weighted by molar-refractivity contribution is -0.146. The average Bonchev–Trinajstić information content (AvgIpc) is 3.09. The van der Waals surface area contributed by atoms with Crippen molar-refractivity contribution >= 4 is 29.3 Å². The fourth-order valence-electron chi connectivity index (χ4n) is 1.71. The van der Waals surface area contributed by atoms with E-state index in [1.807, 2.05) is 13.8 Å². The first kappa shape index (κ1) is 14.7. The molecule has 0 aliphatic heterocycles. The zero-order valence-corrected chi connectivity index (χ0v) is 13.1. The van der Waals surface area contributed by atoms with Gasteiger partial charge in [-0.25, -0.2) is 4.98 Å². The Labute approximate surface area is 121 Å². The first-order valence-electron chi connectivity index (χ1n) is 6.39. The SMILES string of the molecule is CCc1nsc(SCC(C)(NC2CC2)C(=O)OC)n1. The van der Waals surface area contributed by atoms with Crippen LogP contribution < -0.4 is 5.32 Å². The number of carbonyl (C=O) groups is 1. The number of aryl methyl sites for hydroxylation is 1.